The van der Waals surface area contributed by atoms with Gasteiger partial charge in [-0.05, 0) is 107 Å². The fraction of sp³-hybridized carbons (Fsp3) is 0.582. The number of rotatable bonds is 20. The van der Waals surface area contributed by atoms with Crippen LogP contribution in [0.15, 0.2) is 41.0 Å². The number of allylic oxidation sites excluding steroid dienone is 3. The van der Waals surface area contributed by atoms with E-state index in [9.17, 15) is 14.4 Å². The Hall–Kier alpha value is -4.83. The Labute approximate surface area is 388 Å². The molecule has 1 aliphatic carbocycles. The maximum absolute atomic E-state index is 14.5. The number of nitrogens with one attached hydrogen (secondary N) is 4. The Kier molecular flexibility index (Phi) is 14.5. The number of morpholine rings is 1. The van der Waals surface area contributed by atoms with E-state index in [1.807, 2.05) is 19.1 Å². The summed E-state index contributed by atoms with van der Waals surface area (Å²) in [7, 11) is 1.32. The molecule has 0 spiro atoms. The fourth-order valence-corrected chi connectivity index (χ4v) is 11.2. The van der Waals surface area contributed by atoms with Gasteiger partial charge in [0.25, 0.3) is 0 Å². The van der Waals surface area contributed by atoms with Crippen molar-refractivity contribution in [2.75, 3.05) is 13.7 Å². The first-order valence-corrected chi connectivity index (χ1v) is 24.6. The molecule has 352 valence electrons. The second-order valence-corrected chi connectivity index (χ2v) is 20.6. The molecule has 10 nitrogen and oxygen atoms in total. The minimum absolute atomic E-state index is 0.1000. The summed E-state index contributed by atoms with van der Waals surface area (Å²) in [5, 5.41) is 7.40. The van der Waals surface area contributed by atoms with Gasteiger partial charge in [0, 0.05) is 63.4 Å². The average Bonchev–Trinajstić information content (AvgIpc) is 3.60. The van der Waals surface area contributed by atoms with Crippen LogP contribution in [-0.4, -0.2) is 52.6 Å². The van der Waals surface area contributed by atoms with E-state index in [1.165, 1.54) is 57.6 Å². The maximum atomic E-state index is 14.5. The number of ether oxygens (including phenoxy) is 3. The van der Waals surface area contributed by atoms with Crippen LogP contribution in [-0.2, 0) is 23.8 Å². The Morgan fingerprint density at radius 1 is 0.892 bits per heavy atom. The lowest BCUT2D eigenvalue weighted by atomic mass is 9.85. The van der Waals surface area contributed by atoms with Crippen molar-refractivity contribution in [3.8, 4) is 0 Å². The van der Waals surface area contributed by atoms with E-state index in [0.29, 0.717) is 23.3 Å². The van der Waals surface area contributed by atoms with Gasteiger partial charge in [-0.2, -0.15) is 0 Å². The zero-order valence-corrected chi connectivity index (χ0v) is 41.2. The van der Waals surface area contributed by atoms with Gasteiger partial charge in [-0.15, -0.1) is 0 Å². The highest BCUT2D eigenvalue weighted by Crippen LogP contribution is 2.63. The molecule has 7 atom stereocenters. The van der Waals surface area contributed by atoms with Gasteiger partial charge in [0.05, 0.1) is 24.2 Å². The lowest BCUT2D eigenvalue weighted by Crippen LogP contribution is -2.25. The van der Waals surface area contributed by atoms with Gasteiger partial charge in [-0.1, -0.05) is 105 Å². The number of aromatic amines is 2. The van der Waals surface area contributed by atoms with E-state index in [1.54, 1.807) is 0 Å². The molecule has 2 aromatic heterocycles. The summed E-state index contributed by atoms with van der Waals surface area (Å²) >= 11 is 0. The summed E-state index contributed by atoms with van der Waals surface area (Å²) in [5.41, 5.74) is 10.7. The van der Waals surface area contributed by atoms with Crippen LogP contribution >= 0.6 is 0 Å². The van der Waals surface area contributed by atoms with E-state index >= 15 is 0 Å². The first kappa shape index (κ1) is 48.1. The third-order valence-corrected chi connectivity index (χ3v) is 15.6. The minimum Gasteiger partial charge on any atom is -0.468 e. The van der Waals surface area contributed by atoms with Gasteiger partial charge in [0.2, 0.25) is 0 Å². The number of hydrogen-bond acceptors (Lipinski definition) is 8. The topological polar surface area (TPSA) is 138 Å². The summed E-state index contributed by atoms with van der Waals surface area (Å²) in [6.45, 7) is 26.3. The quantitative estimate of drug-likeness (QED) is 0.0446. The Balaban J connectivity index is 1.09. The molecule has 0 amide bonds. The van der Waals surface area contributed by atoms with Crippen LogP contribution in [0.25, 0.3) is 29.9 Å². The summed E-state index contributed by atoms with van der Waals surface area (Å²) in [6, 6.07) is 0. The van der Waals surface area contributed by atoms with E-state index in [0.717, 1.165) is 93.6 Å². The number of epoxide rings is 1. The van der Waals surface area contributed by atoms with Crippen molar-refractivity contribution >= 4 is 47.6 Å². The van der Waals surface area contributed by atoms with Crippen molar-refractivity contribution in [3.63, 3.8) is 0 Å². The van der Waals surface area contributed by atoms with Gasteiger partial charge in [0.15, 0.2) is 5.78 Å². The van der Waals surface area contributed by atoms with E-state index in [-0.39, 0.29) is 36.6 Å². The van der Waals surface area contributed by atoms with Crippen molar-refractivity contribution in [1.29, 1.82) is 0 Å². The summed E-state index contributed by atoms with van der Waals surface area (Å²) < 4.78 is 17.7. The summed E-state index contributed by atoms with van der Waals surface area (Å²) in [5.74, 6) is -0.349. The van der Waals surface area contributed by atoms with Crippen molar-refractivity contribution < 1.29 is 28.6 Å². The molecule has 0 aromatic carbocycles. The lowest BCUT2D eigenvalue weighted by Gasteiger charge is -2.19. The number of hydrogen-bond donors (Lipinski definition) is 4. The molecule has 7 rings (SSSR count). The van der Waals surface area contributed by atoms with Crippen LogP contribution in [0.3, 0.4) is 0 Å². The molecule has 0 radical (unpaired) electrons. The second kappa shape index (κ2) is 19.6. The monoisotopic (exact) mass is 889 g/mol. The average molecular weight is 889 g/mol. The zero-order valence-electron chi connectivity index (χ0n) is 41.2. The molecular formula is C55H76N4O6. The summed E-state index contributed by atoms with van der Waals surface area (Å²) in [6.07, 6.45) is 22.9. The molecule has 0 saturated carbocycles. The summed E-state index contributed by atoms with van der Waals surface area (Å²) in [4.78, 5) is 48.8. The molecule has 3 fully saturated rings. The molecule has 4 N–H and O–H groups in total. The van der Waals surface area contributed by atoms with Gasteiger partial charge >= 0.3 is 11.9 Å². The predicted molar refractivity (Wildman–Crippen MR) is 262 cm³/mol. The Morgan fingerprint density at radius 2 is 1.55 bits per heavy atom. The molecule has 8 bridgehead atoms. The fourth-order valence-electron chi connectivity index (χ4n) is 11.2. The molecular weight excluding hydrogens is 813 g/mol. The maximum Gasteiger partial charge on any atom is 0.321 e. The number of carbonyl (C=O) groups excluding carboxylic acids is 3. The van der Waals surface area contributed by atoms with Gasteiger partial charge in [-0.25, -0.2) is 0 Å². The Morgan fingerprint density at radius 3 is 2.22 bits per heavy atom. The highest BCUT2D eigenvalue weighted by Gasteiger charge is 2.74. The number of fused-ring (bicyclic) bond motifs is 10. The molecule has 65 heavy (non-hydrogen) atoms. The van der Waals surface area contributed by atoms with Gasteiger partial charge in [0.1, 0.15) is 23.7 Å². The molecule has 3 saturated heterocycles. The van der Waals surface area contributed by atoms with Crippen molar-refractivity contribution in [2.45, 2.75) is 157 Å². The molecule has 10 heteroatoms. The minimum atomic E-state index is -1.16. The highest BCUT2D eigenvalue weighted by atomic mass is 16.6. The van der Waals surface area contributed by atoms with Crippen molar-refractivity contribution in [2.24, 2.45) is 35.5 Å². The van der Waals surface area contributed by atoms with Crippen LogP contribution in [0.2, 0.25) is 0 Å². The van der Waals surface area contributed by atoms with E-state index < -0.39 is 23.1 Å². The van der Waals surface area contributed by atoms with Crippen molar-refractivity contribution in [3.05, 3.63) is 86.0 Å². The molecule has 5 aliphatic rings. The van der Waals surface area contributed by atoms with E-state index in [2.05, 4.69) is 108 Å². The SMILES string of the molecule is C=Cc1c2[nH]c(c1C)/C=C1\N/C(=C3\c4[nH]c(c(C)c4C(=O)[C@@H]3C(=O)OC)/C=C3\N/C(=C\2)[C@]2(C)O[C@]32CC)[C@@H](CCC(=O)OC/C=C(\C)CCC[C@H](C)CCC[C@H](C)CCCC(C)C)[C@@H]1C. The molecule has 0 unspecified atom stereocenters. The number of esters is 2. The van der Waals surface area contributed by atoms with Crippen LogP contribution in [0, 0.1) is 49.4 Å². The number of Topliss-reactive ketones (excluding diaryl/α,β-unsaturated/α-hetero) is 1. The number of methoxy groups -OCH3 is 1. The molecule has 6 heterocycles. The normalized spacial score (nSPS) is 28.6. The smallest absolute Gasteiger partial charge is 0.321 e. The zero-order chi connectivity index (χ0) is 47.0. The number of ketones is 1. The highest BCUT2D eigenvalue weighted by molar-refractivity contribution is 6.24. The van der Waals surface area contributed by atoms with Gasteiger partial charge < -0.3 is 34.8 Å². The number of carbonyl (C=O) groups is 3. The number of H-pyrrole nitrogens is 2. The third kappa shape index (κ3) is 9.30. The van der Waals surface area contributed by atoms with Gasteiger partial charge in [-0.3, -0.25) is 14.4 Å². The largest absolute Gasteiger partial charge is 0.468 e. The predicted octanol–water partition coefficient (Wildman–Crippen LogP) is 12.1. The van der Waals surface area contributed by atoms with Crippen molar-refractivity contribution in [1.82, 2.24) is 20.6 Å². The third-order valence-electron chi connectivity index (χ3n) is 15.6. The first-order valence-electron chi connectivity index (χ1n) is 24.6. The number of aromatic nitrogens is 2. The molecule has 2 aromatic rings. The second-order valence-electron chi connectivity index (χ2n) is 20.6. The first-order chi connectivity index (χ1) is 31.0. The van der Waals surface area contributed by atoms with Crippen LogP contribution in [0.5, 0.6) is 0 Å². The molecule has 4 aliphatic heterocycles. The van der Waals surface area contributed by atoms with Crippen LogP contribution < -0.4 is 10.6 Å². The van der Waals surface area contributed by atoms with Crippen LogP contribution in [0.1, 0.15) is 182 Å². The van der Waals surface area contributed by atoms with E-state index in [4.69, 9.17) is 14.2 Å². The van der Waals surface area contributed by atoms with Crippen LogP contribution in [0.4, 0.5) is 0 Å². The lowest BCUT2D eigenvalue weighted by molar-refractivity contribution is -0.143. The standard InChI is InChI=1S/C55H76N4O6/c1-13-38-35(8)40-28-41-36(9)39(24-25-46(60)64-27-26-34(7)23-17-22-33(6)21-16-20-32(5)19-15-18-31(3)4)50(57-41)48-49(53(62)63-12)52(61)47-37(10)42(58-51(47)48)29-45-55(14-2)54(11,65-55)44(59-45)30-43(38)56-40/h13,26,28-33,36,39,49,56-59H,1,14-25,27H2,2-12H3/b34-26+,41-28-,44-30-,45-29-,50-48-/t32-,33-,36+,39+,49-,54+,55-/m1/s1. The Bertz CT molecular complexity index is 2350.